The molecule has 32 heavy (non-hydrogen) atoms. The molecule has 0 bridgehead atoms. The quantitative estimate of drug-likeness (QED) is 0.541. The molecule has 1 unspecified atom stereocenters. The summed E-state index contributed by atoms with van der Waals surface area (Å²) in [5, 5.41) is 13.0. The first kappa shape index (κ1) is 22.9. The Morgan fingerprint density at radius 3 is 2.41 bits per heavy atom. The van der Waals surface area contributed by atoms with Gasteiger partial charge >= 0.3 is 12.1 Å². The summed E-state index contributed by atoms with van der Waals surface area (Å²) >= 11 is 0. The number of halogens is 3. The van der Waals surface area contributed by atoms with Gasteiger partial charge in [0.2, 0.25) is 0 Å². The summed E-state index contributed by atoms with van der Waals surface area (Å²) in [5.41, 5.74) is 0.0303. The first-order valence-corrected chi connectivity index (χ1v) is 11.4. The minimum Gasteiger partial charge on any atom is -0.490 e. The SMILES string of the molecule is CC(N[C@H]1C[C@H](C(=O)O)C1)c1ccc2ccc(O[C@H]3CC[C@@H](C)CC3)c(C(F)(F)F)c2c1. The van der Waals surface area contributed by atoms with Gasteiger partial charge in [0.1, 0.15) is 11.3 Å². The van der Waals surface area contributed by atoms with E-state index in [0.717, 1.165) is 31.2 Å². The third-order valence-electron chi connectivity index (χ3n) is 7.02. The number of carboxylic acids is 1. The van der Waals surface area contributed by atoms with Crippen LogP contribution in [0.5, 0.6) is 5.75 Å². The van der Waals surface area contributed by atoms with Crippen LogP contribution in [0.3, 0.4) is 0 Å². The molecular formula is C25H30F3NO3. The number of aliphatic carboxylic acids is 1. The average Bonchev–Trinajstić information content (AvgIpc) is 2.70. The van der Waals surface area contributed by atoms with Gasteiger partial charge in [-0.15, -0.1) is 0 Å². The number of fused-ring (bicyclic) bond motifs is 1. The number of hydrogen-bond acceptors (Lipinski definition) is 3. The summed E-state index contributed by atoms with van der Waals surface area (Å²) in [4.78, 5) is 11.0. The lowest BCUT2D eigenvalue weighted by molar-refractivity contribution is -0.145. The second-order valence-electron chi connectivity index (χ2n) is 9.51. The molecule has 0 heterocycles. The highest BCUT2D eigenvalue weighted by molar-refractivity contribution is 5.89. The highest BCUT2D eigenvalue weighted by Crippen LogP contribution is 2.43. The fourth-order valence-electron chi connectivity index (χ4n) is 4.91. The van der Waals surface area contributed by atoms with Gasteiger partial charge in [0.05, 0.1) is 12.0 Å². The maximum atomic E-state index is 14.2. The van der Waals surface area contributed by atoms with Gasteiger partial charge in [-0.05, 0) is 79.8 Å². The zero-order valence-corrected chi connectivity index (χ0v) is 18.4. The van der Waals surface area contributed by atoms with Crippen LogP contribution >= 0.6 is 0 Å². The Bertz CT molecular complexity index is 976. The van der Waals surface area contributed by atoms with E-state index in [9.17, 15) is 18.0 Å². The van der Waals surface area contributed by atoms with Gasteiger partial charge < -0.3 is 15.2 Å². The van der Waals surface area contributed by atoms with Crippen LogP contribution in [0.15, 0.2) is 30.3 Å². The molecule has 1 atom stereocenters. The Hall–Kier alpha value is -2.28. The van der Waals surface area contributed by atoms with E-state index in [1.165, 1.54) is 6.07 Å². The van der Waals surface area contributed by atoms with Crippen molar-refractivity contribution in [1.29, 1.82) is 0 Å². The summed E-state index contributed by atoms with van der Waals surface area (Å²) in [6.45, 7) is 4.06. The monoisotopic (exact) mass is 449 g/mol. The molecule has 2 aliphatic carbocycles. The minimum absolute atomic E-state index is 0.0623. The van der Waals surface area contributed by atoms with Gasteiger partial charge in [-0.1, -0.05) is 25.1 Å². The van der Waals surface area contributed by atoms with E-state index in [4.69, 9.17) is 9.84 Å². The van der Waals surface area contributed by atoms with Crippen LogP contribution in [0.4, 0.5) is 13.2 Å². The van der Waals surface area contributed by atoms with Crippen LogP contribution < -0.4 is 10.1 Å². The van der Waals surface area contributed by atoms with Crippen molar-refractivity contribution in [3.8, 4) is 5.75 Å². The van der Waals surface area contributed by atoms with E-state index in [-0.39, 0.29) is 35.2 Å². The molecule has 2 N–H and O–H groups in total. The number of carboxylic acid groups (broad SMARTS) is 1. The fraction of sp³-hybridized carbons (Fsp3) is 0.560. The summed E-state index contributed by atoms with van der Waals surface area (Å²) in [5.74, 6) is -0.635. The van der Waals surface area contributed by atoms with E-state index in [0.29, 0.717) is 24.1 Å². The molecule has 4 nitrogen and oxygen atoms in total. The molecule has 2 fully saturated rings. The molecule has 2 aliphatic rings. The van der Waals surface area contributed by atoms with Crippen molar-refractivity contribution in [3.63, 3.8) is 0 Å². The number of ether oxygens (including phenoxy) is 1. The maximum Gasteiger partial charge on any atom is 0.420 e. The first-order chi connectivity index (χ1) is 15.1. The Morgan fingerprint density at radius 1 is 1.12 bits per heavy atom. The number of alkyl halides is 3. The number of hydrogen-bond donors (Lipinski definition) is 2. The molecule has 4 rings (SSSR count). The normalized spacial score (nSPS) is 27.0. The number of benzene rings is 2. The summed E-state index contributed by atoms with van der Waals surface area (Å²) in [7, 11) is 0. The second kappa shape index (κ2) is 8.93. The van der Waals surface area contributed by atoms with E-state index in [1.54, 1.807) is 18.2 Å². The smallest absolute Gasteiger partial charge is 0.420 e. The predicted molar refractivity (Wildman–Crippen MR) is 117 cm³/mol. The number of rotatable bonds is 6. The molecule has 0 spiro atoms. The van der Waals surface area contributed by atoms with Crippen LogP contribution in [-0.4, -0.2) is 23.2 Å². The Kier molecular flexibility index (Phi) is 6.39. The van der Waals surface area contributed by atoms with Crippen molar-refractivity contribution in [1.82, 2.24) is 5.32 Å². The van der Waals surface area contributed by atoms with E-state index in [2.05, 4.69) is 12.2 Å². The van der Waals surface area contributed by atoms with Crippen LogP contribution in [-0.2, 0) is 11.0 Å². The molecule has 0 aliphatic heterocycles. The molecule has 2 aromatic rings. The second-order valence-corrected chi connectivity index (χ2v) is 9.51. The van der Waals surface area contributed by atoms with Gasteiger partial charge in [-0.25, -0.2) is 0 Å². The highest BCUT2D eigenvalue weighted by atomic mass is 19.4. The van der Waals surface area contributed by atoms with E-state index in [1.807, 2.05) is 13.0 Å². The Morgan fingerprint density at radius 2 is 1.78 bits per heavy atom. The van der Waals surface area contributed by atoms with Gasteiger partial charge in [0.15, 0.2) is 0 Å². The summed E-state index contributed by atoms with van der Waals surface area (Å²) < 4.78 is 48.4. The minimum atomic E-state index is -4.53. The largest absolute Gasteiger partial charge is 0.490 e. The van der Waals surface area contributed by atoms with Gasteiger partial charge in [-0.2, -0.15) is 13.2 Å². The van der Waals surface area contributed by atoms with Crippen LogP contribution in [0.2, 0.25) is 0 Å². The highest BCUT2D eigenvalue weighted by Gasteiger charge is 2.38. The predicted octanol–water partition coefficient (Wildman–Crippen LogP) is 6.33. The van der Waals surface area contributed by atoms with Crippen LogP contribution in [0.1, 0.15) is 69.5 Å². The first-order valence-electron chi connectivity index (χ1n) is 11.4. The van der Waals surface area contributed by atoms with Gasteiger partial charge in [-0.3, -0.25) is 4.79 Å². The lowest BCUT2D eigenvalue weighted by Crippen LogP contribution is -2.45. The zero-order valence-electron chi connectivity index (χ0n) is 18.4. The van der Waals surface area contributed by atoms with Crippen molar-refractivity contribution in [2.45, 2.75) is 76.7 Å². The van der Waals surface area contributed by atoms with Crippen molar-refractivity contribution in [2.75, 3.05) is 0 Å². The topological polar surface area (TPSA) is 58.6 Å². The van der Waals surface area contributed by atoms with Crippen molar-refractivity contribution in [3.05, 3.63) is 41.5 Å². The number of nitrogens with one attached hydrogen (secondary N) is 1. The van der Waals surface area contributed by atoms with Crippen molar-refractivity contribution >= 4 is 16.7 Å². The number of carbonyl (C=O) groups is 1. The Labute approximate surface area is 186 Å². The van der Waals surface area contributed by atoms with Crippen molar-refractivity contribution in [2.24, 2.45) is 11.8 Å². The molecular weight excluding hydrogens is 419 g/mol. The molecule has 0 aromatic heterocycles. The summed E-state index contributed by atoms with van der Waals surface area (Å²) in [6.07, 6.45) is -0.151. The van der Waals surface area contributed by atoms with Crippen LogP contribution in [0, 0.1) is 11.8 Å². The standard InChI is InChI=1S/C25H30F3NO3/c1-14-3-8-20(9-4-14)32-22-10-7-16-5-6-17(13-21(16)23(22)25(26,27)28)15(2)29-19-11-18(12-19)24(30)31/h5-7,10,13-15,18-20,29H,3-4,8-9,11-12H2,1-2H3,(H,30,31)/t14-,15?,18-,19-,20+. The van der Waals surface area contributed by atoms with Gasteiger partial charge in [0, 0.05) is 12.1 Å². The Balaban J connectivity index is 1.60. The van der Waals surface area contributed by atoms with E-state index < -0.39 is 17.7 Å². The molecule has 2 saturated carbocycles. The third-order valence-corrected chi connectivity index (χ3v) is 7.02. The molecule has 2 aromatic carbocycles. The summed E-state index contributed by atoms with van der Waals surface area (Å²) in [6, 6.07) is 8.15. The lowest BCUT2D eigenvalue weighted by atomic mass is 9.80. The van der Waals surface area contributed by atoms with Crippen molar-refractivity contribution < 1.29 is 27.8 Å². The lowest BCUT2D eigenvalue weighted by Gasteiger charge is -2.35. The van der Waals surface area contributed by atoms with Gasteiger partial charge in [0.25, 0.3) is 0 Å². The molecule has 0 radical (unpaired) electrons. The average molecular weight is 450 g/mol. The third kappa shape index (κ3) is 4.87. The zero-order chi connectivity index (χ0) is 23.0. The molecule has 174 valence electrons. The maximum absolute atomic E-state index is 14.2. The molecule has 0 saturated heterocycles. The molecule has 7 heteroatoms. The van der Waals surface area contributed by atoms with E-state index >= 15 is 0 Å². The fourth-order valence-corrected chi connectivity index (χ4v) is 4.91. The van der Waals surface area contributed by atoms with Crippen LogP contribution in [0.25, 0.3) is 10.8 Å². The molecule has 0 amide bonds.